The third-order valence-corrected chi connectivity index (χ3v) is 6.83. The van der Waals surface area contributed by atoms with E-state index < -0.39 is 16.3 Å². The van der Waals surface area contributed by atoms with E-state index >= 15 is 0 Å². The highest BCUT2D eigenvalue weighted by molar-refractivity contribution is 7.87. The van der Waals surface area contributed by atoms with E-state index in [1.54, 1.807) is 12.1 Å². The average Bonchev–Trinajstić information content (AvgIpc) is 3.30. The zero-order chi connectivity index (χ0) is 22.2. The molecule has 0 amide bonds. The van der Waals surface area contributed by atoms with Crippen molar-refractivity contribution in [1.82, 2.24) is 19.3 Å². The lowest BCUT2D eigenvalue weighted by atomic mass is 10.1. The quantitative estimate of drug-likeness (QED) is 0.406. The van der Waals surface area contributed by atoms with Crippen LogP contribution in [0.5, 0.6) is 0 Å². The lowest BCUT2D eigenvalue weighted by molar-refractivity contribution is 0.133. The molecule has 2 aromatic heterocycles. The Balaban J connectivity index is 1.50. The summed E-state index contributed by atoms with van der Waals surface area (Å²) in [6.07, 6.45) is 3.86. The summed E-state index contributed by atoms with van der Waals surface area (Å²) in [6, 6.07) is 7.35. The van der Waals surface area contributed by atoms with E-state index in [-0.39, 0.29) is 18.5 Å². The Hall–Kier alpha value is -1.95. The molecule has 5 N–H and O–H groups in total. The van der Waals surface area contributed by atoms with Gasteiger partial charge in [-0.15, -0.1) is 0 Å². The second kappa shape index (κ2) is 8.89. The number of nitrogens with zero attached hydrogens (tertiary/aromatic N) is 3. The van der Waals surface area contributed by atoms with Crippen LogP contribution in [0, 0.1) is 5.92 Å². The molecule has 12 heteroatoms. The van der Waals surface area contributed by atoms with Gasteiger partial charge in [0.15, 0.2) is 0 Å². The maximum absolute atomic E-state index is 11.2. The number of aromatic nitrogens is 3. The second-order valence-electron chi connectivity index (χ2n) is 7.63. The topological polar surface area (TPSA) is 135 Å². The molecule has 1 saturated carbocycles. The second-order valence-corrected chi connectivity index (χ2v) is 9.82. The molecule has 1 aliphatic carbocycles. The molecule has 1 aromatic carbocycles. The SMILES string of the molecule is NS(=O)(=O)NC[C@@H]1C[C@@H](n2ccc3c(NCc4ccc(Cl)c(Cl)c4)ncnc32)C[C@@H]1O. The first-order valence-electron chi connectivity index (χ1n) is 9.66. The van der Waals surface area contributed by atoms with Gasteiger partial charge in [0.25, 0.3) is 10.2 Å². The number of aliphatic hydroxyl groups is 1. The molecule has 0 bridgehead atoms. The van der Waals surface area contributed by atoms with Crippen LogP contribution in [0.15, 0.2) is 36.8 Å². The molecular weight excluding hydrogens is 463 g/mol. The predicted molar refractivity (Wildman–Crippen MR) is 120 cm³/mol. The van der Waals surface area contributed by atoms with Gasteiger partial charge in [0.05, 0.1) is 21.5 Å². The lowest BCUT2D eigenvalue weighted by Crippen LogP contribution is -2.36. The number of hydrogen-bond acceptors (Lipinski definition) is 6. The van der Waals surface area contributed by atoms with Crippen molar-refractivity contribution in [3.05, 3.63) is 52.4 Å². The van der Waals surface area contributed by atoms with Gasteiger partial charge < -0.3 is 15.0 Å². The Morgan fingerprint density at radius 3 is 2.74 bits per heavy atom. The molecule has 166 valence electrons. The molecule has 3 atom stereocenters. The summed E-state index contributed by atoms with van der Waals surface area (Å²) < 4.78 is 26.6. The van der Waals surface area contributed by atoms with Crippen LogP contribution in [0.2, 0.25) is 10.0 Å². The molecule has 4 rings (SSSR count). The standard InChI is InChI=1S/C19H22Cl2N6O3S/c20-15-2-1-11(5-16(15)21)8-23-18-14-3-4-27(19(14)25-10-24-18)13-6-12(17(28)7-13)9-26-31(22,29)30/h1-5,10,12-13,17,26,28H,6-9H2,(H2,22,29,30)(H,23,24,25)/t12-,13+,17-/m0/s1. The molecule has 9 nitrogen and oxygen atoms in total. The molecule has 2 heterocycles. The van der Waals surface area contributed by atoms with E-state index in [9.17, 15) is 13.5 Å². The van der Waals surface area contributed by atoms with Gasteiger partial charge >= 0.3 is 0 Å². The smallest absolute Gasteiger partial charge is 0.274 e. The first kappa shape index (κ1) is 22.3. The van der Waals surface area contributed by atoms with Crippen molar-refractivity contribution in [3.8, 4) is 0 Å². The molecule has 3 aromatic rings. The van der Waals surface area contributed by atoms with Gasteiger partial charge in [-0.3, -0.25) is 0 Å². The van der Waals surface area contributed by atoms with Crippen LogP contribution in [0.25, 0.3) is 11.0 Å². The molecular formula is C19H22Cl2N6O3S. The molecule has 31 heavy (non-hydrogen) atoms. The average molecular weight is 485 g/mol. The van der Waals surface area contributed by atoms with Crippen molar-refractivity contribution >= 4 is 50.3 Å². The van der Waals surface area contributed by atoms with E-state index in [2.05, 4.69) is 20.0 Å². The van der Waals surface area contributed by atoms with Crippen molar-refractivity contribution in [1.29, 1.82) is 0 Å². The van der Waals surface area contributed by atoms with E-state index in [0.717, 1.165) is 16.6 Å². The number of fused-ring (bicyclic) bond motifs is 1. The number of aliphatic hydroxyl groups excluding tert-OH is 1. The molecule has 0 unspecified atom stereocenters. The zero-order valence-electron chi connectivity index (χ0n) is 16.4. The summed E-state index contributed by atoms with van der Waals surface area (Å²) in [6.45, 7) is 0.610. The van der Waals surface area contributed by atoms with Gasteiger partial charge in [0.1, 0.15) is 17.8 Å². The van der Waals surface area contributed by atoms with Crippen LogP contribution in [-0.2, 0) is 16.8 Å². The van der Waals surface area contributed by atoms with Crippen molar-refractivity contribution in [3.63, 3.8) is 0 Å². The summed E-state index contributed by atoms with van der Waals surface area (Å²) in [5, 5.41) is 20.5. The van der Waals surface area contributed by atoms with Crippen LogP contribution in [0.4, 0.5) is 5.82 Å². The maximum Gasteiger partial charge on any atom is 0.274 e. The third kappa shape index (κ3) is 5.11. The fourth-order valence-corrected chi connectivity index (χ4v) is 4.75. The molecule has 1 fully saturated rings. The minimum Gasteiger partial charge on any atom is -0.393 e. The van der Waals surface area contributed by atoms with Crippen LogP contribution < -0.4 is 15.2 Å². The Labute approximate surface area is 189 Å². The predicted octanol–water partition coefficient (Wildman–Crippen LogP) is 2.46. The number of rotatable bonds is 7. The van der Waals surface area contributed by atoms with Crippen LogP contribution >= 0.6 is 23.2 Å². The van der Waals surface area contributed by atoms with Gasteiger partial charge in [-0.2, -0.15) is 8.42 Å². The van der Waals surface area contributed by atoms with E-state index in [4.69, 9.17) is 28.3 Å². The first-order valence-corrected chi connectivity index (χ1v) is 12.0. The van der Waals surface area contributed by atoms with E-state index in [1.807, 2.05) is 22.9 Å². The van der Waals surface area contributed by atoms with Crippen molar-refractivity contribution in [2.45, 2.75) is 31.5 Å². The van der Waals surface area contributed by atoms with Gasteiger partial charge in [0.2, 0.25) is 0 Å². The number of nitrogens with two attached hydrogens (primary N) is 1. The third-order valence-electron chi connectivity index (χ3n) is 5.53. The number of hydrogen-bond donors (Lipinski definition) is 4. The van der Waals surface area contributed by atoms with Crippen LogP contribution in [0.3, 0.4) is 0 Å². The number of nitrogens with one attached hydrogen (secondary N) is 2. The van der Waals surface area contributed by atoms with E-state index in [0.29, 0.717) is 35.2 Å². The molecule has 0 spiro atoms. The van der Waals surface area contributed by atoms with Crippen LogP contribution in [0.1, 0.15) is 24.4 Å². The first-order chi connectivity index (χ1) is 14.7. The van der Waals surface area contributed by atoms with Crippen molar-refractivity contribution in [2.75, 3.05) is 11.9 Å². The normalized spacial score (nSPS) is 21.6. The summed E-state index contributed by atoms with van der Waals surface area (Å²) >= 11 is 12.1. The molecule has 0 radical (unpaired) electrons. The lowest BCUT2D eigenvalue weighted by Gasteiger charge is -2.15. The molecule has 1 aliphatic rings. The van der Waals surface area contributed by atoms with Crippen LogP contribution in [-0.4, -0.2) is 40.7 Å². The molecule has 0 aliphatic heterocycles. The fourth-order valence-electron chi connectivity index (χ4n) is 3.99. The van der Waals surface area contributed by atoms with Gasteiger partial charge in [-0.05, 0) is 36.6 Å². The Kier molecular flexibility index (Phi) is 6.38. The monoisotopic (exact) mass is 484 g/mol. The Bertz CT molecular complexity index is 1200. The van der Waals surface area contributed by atoms with Crippen molar-refractivity contribution in [2.24, 2.45) is 11.1 Å². The van der Waals surface area contributed by atoms with Gasteiger partial charge in [-0.25, -0.2) is 19.8 Å². The zero-order valence-corrected chi connectivity index (χ0v) is 18.7. The number of benzene rings is 1. The minimum atomic E-state index is -3.79. The maximum atomic E-state index is 11.2. The highest BCUT2D eigenvalue weighted by Gasteiger charge is 2.35. The number of halogens is 2. The largest absolute Gasteiger partial charge is 0.393 e. The summed E-state index contributed by atoms with van der Waals surface area (Å²) in [5.41, 5.74) is 1.70. The fraction of sp³-hybridized carbons (Fsp3) is 0.368. The highest BCUT2D eigenvalue weighted by Crippen LogP contribution is 2.37. The summed E-state index contributed by atoms with van der Waals surface area (Å²) in [7, 11) is -3.79. The Morgan fingerprint density at radius 2 is 2.00 bits per heavy atom. The highest BCUT2D eigenvalue weighted by atomic mass is 35.5. The minimum absolute atomic E-state index is 0.0161. The Morgan fingerprint density at radius 1 is 1.19 bits per heavy atom. The van der Waals surface area contributed by atoms with Gasteiger partial charge in [0, 0.05) is 31.2 Å². The summed E-state index contributed by atoms with van der Waals surface area (Å²) in [4.78, 5) is 8.78. The van der Waals surface area contributed by atoms with Gasteiger partial charge in [-0.1, -0.05) is 29.3 Å². The molecule has 0 saturated heterocycles. The summed E-state index contributed by atoms with van der Waals surface area (Å²) in [5.74, 6) is 0.454. The van der Waals surface area contributed by atoms with E-state index in [1.165, 1.54) is 6.33 Å². The number of anilines is 1. The van der Waals surface area contributed by atoms with Crippen molar-refractivity contribution < 1.29 is 13.5 Å².